The summed E-state index contributed by atoms with van der Waals surface area (Å²) in [6, 6.07) is 11.5. The number of aromatic nitrogens is 1. The number of pyridine rings is 1. The molecule has 0 aliphatic carbocycles. The van der Waals surface area contributed by atoms with E-state index < -0.39 is 22.8 Å². The Labute approximate surface area is 228 Å². The van der Waals surface area contributed by atoms with Crippen LogP contribution in [0.5, 0.6) is 11.5 Å². The average Bonchev–Trinajstić information content (AvgIpc) is 3.44. The molecule has 1 saturated heterocycles. The van der Waals surface area contributed by atoms with Crippen LogP contribution in [0.3, 0.4) is 0 Å². The van der Waals surface area contributed by atoms with Crippen LogP contribution < -0.4 is 19.7 Å². The van der Waals surface area contributed by atoms with Crippen molar-refractivity contribution in [3.63, 3.8) is 0 Å². The molecule has 0 radical (unpaired) electrons. The van der Waals surface area contributed by atoms with Gasteiger partial charge in [-0.25, -0.2) is 0 Å². The number of carboxylic acid groups (broad SMARTS) is 1. The lowest BCUT2D eigenvalue weighted by Gasteiger charge is -2.36. The van der Waals surface area contributed by atoms with Crippen LogP contribution in [-0.4, -0.2) is 70.7 Å². The SMILES string of the molecule is O=C(O)CC(NC(=O)c1ccc(N2CCN(C(=O)c3ccc4c(c3)OCO4)CC2)c([N+](=O)[O-])c1)c1cccnc1. The number of rotatable bonds is 8. The Morgan fingerprint density at radius 1 is 1.02 bits per heavy atom. The number of anilines is 1. The summed E-state index contributed by atoms with van der Waals surface area (Å²) >= 11 is 0. The van der Waals surface area contributed by atoms with Crippen molar-refractivity contribution in [3.8, 4) is 11.5 Å². The fourth-order valence-corrected chi connectivity index (χ4v) is 4.69. The van der Waals surface area contributed by atoms with Gasteiger partial charge in [0.25, 0.3) is 17.5 Å². The molecule has 0 bridgehead atoms. The molecule has 13 heteroatoms. The standard InChI is InChI=1S/C27H25N5O8/c33-25(34)14-20(19-2-1-7-28-15-19)29-26(35)17-3-5-21(22(12-17)32(37)38)30-8-10-31(11-9-30)27(36)18-4-6-23-24(13-18)40-16-39-23/h1-7,12-13,15,20H,8-11,14,16H2,(H,29,35)(H,33,34). The number of nitro benzene ring substituents is 1. The summed E-state index contributed by atoms with van der Waals surface area (Å²) in [7, 11) is 0. The van der Waals surface area contributed by atoms with E-state index in [1.807, 2.05) is 0 Å². The minimum absolute atomic E-state index is 0.0198. The van der Waals surface area contributed by atoms with Gasteiger partial charge >= 0.3 is 5.97 Å². The van der Waals surface area contributed by atoms with Crippen LogP contribution in [-0.2, 0) is 4.79 Å². The highest BCUT2D eigenvalue weighted by Gasteiger charge is 2.29. The zero-order chi connectivity index (χ0) is 28.2. The summed E-state index contributed by atoms with van der Waals surface area (Å²) in [4.78, 5) is 56.2. The topological polar surface area (TPSA) is 164 Å². The summed E-state index contributed by atoms with van der Waals surface area (Å²) in [5.41, 5.74) is 1.04. The zero-order valence-corrected chi connectivity index (χ0v) is 21.2. The fourth-order valence-electron chi connectivity index (χ4n) is 4.69. The third-order valence-electron chi connectivity index (χ3n) is 6.73. The molecule has 1 fully saturated rings. The van der Waals surface area contributed by atoms with Gasteiger partial charge < -0.3 is 29.7 Å². The first-order valence-corrected chi connectivity index (χ1v) is 12.4. The molecule has 1 unspecified atom stereocenters. The molecule has 3 aromatic rings. The number of nitro groups is 1. The molecular weight excluding hydrogens is 522 g/mol. The van der Waals surface area contributed by atoms with E-state index in [2.05, 4.69) is 10.3 Å². The first-order valence-electron chi connectivity index (χ1n) is 12.4. The third kappa shape index (κ3) is 5.62. The highest BCUT2D eigenvalue weighted by Crippen LogP contribution is 2.34. The van der Waals surface area contributed by atoms with Crippen molar-refractivity contribution >= 4 is 29.2 Å². The fraction of sp³-hybridized carbons (Fsp3) is 0.259. The van der Waals surface area contributed by atoms with Gasteiger partial charge in [0.05, 0.1) is 17.4 Å². The van der Waals surface area contributed by atoms with Gasteiger partial charge in [0, 0.05) is 55.8 Å². The van der Waals surface area contributed by atoms with Crippen LogP contribution in [0.25, 0.3) is 0 Å². The Hall–Kier alpha value is -5.20. The zero-order valence-electron chi connectivity index (χ0n) is 21.2. The molecule has 2 aliphatic rings. The van der Waals surface area contributed by atoms with Gasteiger partial charge in [0.2, 0.25) is 6.79 Å². The molecule has 2 aromatic carbocycles. The number of ether oxygens (including phenoxy) is 2. The van der Waals surface area contributed by atoms with Crippen LogP contribution in [0.1, 0.15) is 38.7 Å². The number of hydrogen-bond acceptors (Lipinski definition) is 9. The molecule has 40 heavy (non-hydrogen) atoms. The van der Waals surface area contributed by atoms with Crippen molar-refractivity contribution in [2.75, 3.05) is 37.9 Å². The van der Waals surface area contributed by atoms with Crippen molar-refractivity contribution in [1.82, 2.24) is 15.2 Å². The molecule has 2 N–H and O–H groups in total. The van der Waals surface area contributed by atoms with Crippen molar-refractivity contribution in [2.24, 2.45) is 0 Å². The lowest BCUT2D eigenvalue weighted by atomic mass is 10.0. The van der Waals surface area contributed by atoms with Crippen molar-refractivity contribution in [1.29, 1.82) is 0 Å². The maximum absolute atomic E-state index is 13.0. The first-order chi connectivity index (χ1) is 19.3. The predicted octanol–water partition coefficient (Wildman–Crippen LogP) is 2.63. The number of carbonyl (C=O) groups excluding carboxylic acids is 2. The monoisotopic (exact) mass is 547 g/mol. The molecule has 1 aromatic heterocycles. The van der Waals surface area contributed by atoms with Crippen LogP contribution in [0.4, 0.5) is 11.4 Å². The first kappa shape index (κ1) is 26.4. The molecule has 206 valence electrons. The Morgan fingerprint density at radius 3 is 2.48 bits per heavy atom. The number of benzene rings is 2. The number of hydrogen-bond donors (Lipinski definition) is 2. The third-order valence-corrected chi connectivity index (χ3v) is 6.73. The summed E-state index contributed by atoms with van der Waals surface area (Å²) in [5, 5.41) is 23.9. The van der Waals surface area contributed by atoms with Crippen LogP contribution in [0, 0.1) is 10.1 Å². The Morgan fingerprint density at radius 2 is 1.77 bits per heavy atom. The van der Waals surface area contributed by atoms with E-state index in [-0.39, 0.29) is 30.4 Å². The van der Waals surface area contributed by atoms with Crippen LogP contribution in [0.15, 0.2) is 60.9 Å². The molecule has 2 amide bonds. The summed E-state index contributed by atoms with van der Waals surface area (Å²) in [6.45, 7) is 1.50. The van der Waals surface area contributed by atoms with Gasteiger partial charge in [-0.15, -0.1) is 0 Å². The van der Waals surface area contributed by atoms with E-state index >= 15 is 0 Å². The molecule has 3 heterocycles. The predicted molar refractivity (Wildman–Crippen MR) is 140 cm³/mol. The molecule has 0 spiro atoms. The van der Waals surface area contributed by atoms with Gasteiger partial charge in [-0.2, -0.15) is 0 Å². The number of amides is 2. The number of carbonyl (C=O) groups is 3. The van der Waals surface area contributed by atoms with Crippen molar-refractivity contribution < 1.29 is 33.9 Å². The molecule has 0 saturated carbocycles. The second kappa shape index (κ2) is 11.3. The maximum Gasteiger partial charge on any atom is 0.305 e. The van der Waals surface area contributed by atoms with Gasteiger partial charge in [0.1, 0.15) is 5.69 Å². The summed E-state index contributed by atoms with van der Waals surface area (Å²) in [5.74, 6) is -0.848. The number of nitrogens with zero attached hydrogens (tertiary/aromatic N) is 4. The van der Waals surface area contributed by atoms with Crippen LogP contribution in [0.2, 0.25) is 0 Å². The number of piperazine rings is 1. The van der Waals surface area contributed by atoms with Crippen LogP contribution >= 0.6 is 0 Å². The maximum atomic E-state index is 13.0. The second-order valence-corrected chi connectivity index (χ2v) is 9.22. The number of carboxylic acids is 1. The van der Waals surface area contributed by atoms with E-state index in [0.29, 0.717) is 54.5 Å². The van der Waals surface area contributed by atoms with E-state index in [1.165, 1.54) is 30.6 Å². The Bertz CT molecular complexity index is 1460. The normalized spacial score (nSPS) is 14.9. The quantitative estimate of drug-likeness (QED) is 0.316. The molecular formula is C27H25N5O8. The number of fused-ring (bicyclic) bond motifs is 1. The average molecular weight is 548 g/mol. The smallest absolute Gasteiger partial charge is 0.305 e. The van der Waals surface area contributed by atoms with E-state index in [0.717, 1.165) is 0 Å². The van der Waals surface area contributed by atoms with Gasteiger partial charge in [-0.3, -0.25) is 29.5 Å². The lowest BCUT2D eigenvalue weighted by Crippen LogP contribution is -2.49. The molecule has 13 nitrogen and oxygen atoms in total. The molecule has 5 rings (SSSR count). The molecule has 2 aliphatic heterocycles. The largest absolute Gasteiger partial charge is 0.481 e. The van der Waals surface area contributed by atoms with E-state index in [1.54, 1.807) is 40.1 Å². The highest BCUT2D eigenvalue weighted by molar-refractivity contribution is 5.96. The van der Waals surface area contributed by atoms with Crippen molar-refractivity contribution in [2.45, 2.75) is 12.5 Å². The van der Waals surface area contributed by atoms with Crippen molar-refractivity contribution in [3.05, 3.63) is 87.7 Å². The molecule has 1 atom stereocenters. The van der Waals surface area contributed by atoms with Gasteiger partial charge in [-0.1, -0.05) is 6.07 Å². The minimum Gasteiger partial charge on any atom is -0.481 e. The second-order valence-electron chi connectivity index (χ2n) is 9.22. The summed E-state index contributed by atoms with van der Waals surface area (Å²) < 4.78 is 10.6. The highest BCUT2D eigenvalue weighted by atomic mass is 16.7. The Balaban J connectivity index is 1.28. The van der Waals surface area contributed by atoms with Gasteiger partial charge in [0.15, 0.2) is 11.5 Å². The van der Waals surface area contributed by atoms with E-state index in [9.17, 15) is 29.6 Å². The van der Waals surface area contributed by atoms with Gasteiger partial charge in [-0.05, 0) is 42.0 Å². The lowest BCUT2D eigenvalue weighted by molar-refractivity contribution is -0.384. The summed E-state index contributed by atoms with van der Waals surface area (Å²) in [6.07, 6.45) is 2.60. The van der Waals surface area contributed by atoms with E-state index in [4.69, 9.17) is 9.47 Å². The number of nitrogens with one attached hydrogen (secondary N) is 1. The minimum atomic E-state index is -1.12. The number of aliphatic carboxylic acids is 1. The Kier molecular flexibility index (Phi) is 7.44.